The second-order valence-electron chi connectivity index (χ2n) is 6.07. The van der Waals surface area contributed by atoms with E-state index in [-0.39, 0.29) is 18.1 Å². The van der Waals surface area contributed by atoms with Crippen LogP contribution in [-0.4, -0.2) is 24.9 Å². The normalized spacial score (nSPS) is 13.5. The van der Waals surface area contributed by atoms with Crippen LogP contribution in [0.4, 0.5) is 24.5 Å². The lowest BCUT2D eigenvalue weighted by molar-refractivity contribution is -0.137. The predicted octanol–water partition coefficient (Wildman–Crippen LogP) is 3.65. The third kappa shape index (κ3) is 3.56. The summed E-state index contributed by atoms with van der Waals surface area (Å²) in [6.45, 7) is 1.58. The molecular weight excluding hydrogens is 345 g/mol. The molecule has 2 aromatic rings. The van der Waals surface area contributed by atoms with Gasteiger partial charge in [0.1, 0.15) is 6.54 Å². The van der Waals surface area contributed by atoms with Gasteiger partial charge in [0.15, 0.2) is 0 Å². The lowest BCUT2D eigenvalue weighted by atomic mass is 10.2. The van der Waals surface area contributed by atoms with Crippen molar-refractivity contribution < 1.29 is 22.8 Å². The number of nitrogens with zero attached hydrogens (tertiary/aromatic N) is 2. The van der Waals surface area contributed by atoms with E-state index in [0.29, 0.717) is 6.54 Å². The van der Waals surface area contributed by atoms with Crippen molar-refractivity contribution in [2.75, 3.05) is 22.9 Å². The minimum Gasteiger partial charge on any atom is -0.310 e. The highest BCUT2D eigenvalue weighted by Gasteiger charge is 2.31. The van der Waals surface area contributed by atoms with Gasteiger partial charge in [0, 0.05) is 24.8 Å². The molecule has 4 nitrogen and oxygen atoms in total. The van der Waals surface area contributed by atoms with E-state index in [4.69, 9.17) is 0 Å². The Bertz CT molecular complexity index is 831. The number of carbonyl (C=O) groups is 2. The summed E-state index contributed by atoms with van der Waals surface area (Å²) in [7, 11) is 0. The first-order valence-electron chi connectivity index (χ1n) is 8.11. The Labute approximate surface area is 148 Å². The fourth-order valence-electron chi connectivity index (χ4n) is 3.03. The van der Waals surface area contributed by atoms with Gasteiger partial charge in [-0.15, -0.1) is 0 Å². The van der Waals surface area contributed by atoms with Crippen LogP contribution in [0.1, 0.15) is 18.1 Å². The van der Waals surface area contributed by atoms with Gasteiger partial charge in [-0.05, 0) is 42.3 Å². The number of alkyl halides is 3. The first-order chi connectivity index (χ1) is 12.3. The molecule has 0 spiro atoms. The number of amides is 2. The van der Waals surface area contributed by atoms with Gasteiger partial charge < -0.3 is 9.80 Å². The molecule has 0 fully saturated rings. The third-order valence-electron chi connectivity index (χ3n) is 4.37. The van der Waals surface area contributed by atoms with Crippen LogP contribution in [0.25, 0.3) is 0 Å². The molecular formula is C19H17F3N2O2. The van der Waals surface area contributed by atoms with Crippen LogP contribution >= 0.6 is 0 Å². The molecule has 0 aliphatic carbocycles. The Morgan fingerprint density at radius 3 is 2.35 bits per heavy atom. The molecule has 7 heteroatoms. The minimum absolute atomic E-state index is 0.227. The fourth-order valence-corrected chi connectivity index (χ4v) is 3.03. The standard InChI is InChI=1S/C19H17F3N2O2/c1-13(25)24(16-8-6-15(7-9-16)19(20,21)22)12-18(26)23-11-10-14-4-2-3-5-17(14)23/h2-9H,10-12H2,1H3. The molecule has 1 heterocycles. The smallest absolute Gasteiger partial charge is 0.310 e. The van der Waals surface area contributed by atoms with E-state index in [2.05, 4.69) is 0 Å². The summed E-state index contributed by atoms with van der Waals surface area (Å²) in [5.41, 5.74) is 1.33. The molecule has 0 radical (unpaired) electrons. The predicted molar refractivity (Wildman–Crippen MR) is 92.0 cm³/mol. The van der Waals surface area contributed by atoms with E-state index in [0.717, 1.165) is 29.8 Å². The molecule has 0 unspecified atom stereocenters. The molecule has 1 aliphatic rings. The van der Waals surface area contributed by atoms with Crippen LogP contribution in [0.3, 0.4) is 0 Å². The summed E-state index contributed by atoms with van der Waals surface area (Å²) in [6.07, 6.45) is -3.71. The van der Waals surface area contributed by atoms with Crippen molar-refractivity contribution in [2.24, 2.45) is 0 Å². The maximum absolute atomic E-state index is 12.7. The van der Waals surface area contributed by atoms with Crippen molar-refractivity contribution >= 4 is 23.2 Å². The Morgan fingerprint density at radius 1 is 1.08 bits per heavy atom. The van der Waals surface area contributed by atoms with Gasteiger partial charge in [-0.3, -0.25) is 9.59 Å². The van der Waals surface area contributed by atoms with E-state index in [1.807, 2.05) is 24.3 Å². The second-order valence-corrected chi connectivity index (χ2v) is 6.07. The number of carbonyl (C=O) groups excluding carboxylic acids is 2. The van der Waals surface area contributed by atoms with E-state index in [1.54, 1.807) is 4.90 Å². The highest BCUT2D eigenvalue weighted by molar-refractivity contribution is 6.03. The molecule has 0 saturated carbocycles. The quantitative estimate of drug-likeness (QED) is 0.836. The summed E-state index contributed by atoms with van der Waals surface area (Å²) in [6, 6.07) is 11.7. The van der Waals surface area contributed by atoms with Crippen molar-refractivity contribution in [3.63, 3.8) is 0 Å². The van der Waals surface area contributed by atoms with Crippen molar-refractivity contribution in [2.45, 2.75) is 19.5 Å². The van der Waals surface area contributed by atoms with Crippen molar-refractivity contribution in [1.29, 1.82) is 0 Å². The number of halogens is 3. The topological polar surface area (TPSA) is 40.6 Å². The zero-order valence-corrected chi connectivity index (χ0v) is 14.1. The fraction of sp³-hybridized carbons (Fsp3) is 0.263. The summed E-state index contributed by atoms with van der Waals surface area (Å²) < 4.78 is 38.1. The van der Waals surface area contributed by atoms with Gasteiger partial charge in [0.25, 0.3) is 0 Å². The average Bonchev–Trinajstić information content (AvgIpc) is 3.03. The first kappa shape index (κ1) is 18.0. The van der Waals surface area contributed by atoms with Crippen molar-refractivity contribution in [3.8, 4) is 0 Å². The van der Waals surface area contributed by atoms with Gasteiger partial charge in [-0.25, -0.2) is 0 Å². The molecule has 0 saturated heterocycles. The summed E-state index contributed by atoms with van der Waals surface area (Å²) in [4.78, 5) is 27.4. The van der Waals surface area contributed by atoms with Crippen LogP contribution in [-0.2, 0) is 22.2 Å². The van der Waals surface area contributed by atoms with Gasteiger partial charge in [-0.2, -0.15) is 13.2 Å². The lowest BCUT2D eigenvalue weighted by Gasteiger charge is -2.25. The average molecular weight is 362 g/mol. The zero-order chi connectivity index (χ0) is 18.9. The lowest BCUT2D eigenvalue weighted by Crippen LogP contribution is -2.41. The molecule has 1 aliphatic heterocycles. The number of para-hydroxylation sites is 1. The van der Waals surface area contributed by atoms with Crippen LogP contribution in [0, 0.1) is 0 Å². The zero-order valence-electron chi connectivity index (χ0n) is 14.1. The number of hydrogen-bond donors (Lipinski definition) is 0. The van der Waals surface area contributed by atoms with E-state index < -0.39 is 17.6 Å². The summed E-state index contributed by atoms with van der Waals surface area (Å²) >= 11 is 0. The summed E-state index contributed by atoms with van der Waals surface area (Å²) in [5, 5.41) is 0. The molecule has 0 bridgehead atoms. The SMILES string of the molecule is CC(=O)N(CC(=O)N1CCc2ccccc21)c1ccc(C(F)(F)F)cc1. The van der Waals surface area contributed by atoms with Crippen LogP contribution < -0.4 is 9.80 Å². The molecule has 2 aromatic carbocycles. The number of anilines is 2. The van der Waals surface area contributed by atoms with Gasteiger partial charge in [0.05, 0.1) is 5.56 Å². The Morgan fingerprint density at radius 2 is 1.73 bits per heavy atom. The Balaban J connectivity index is 1.79. The van der Waals surface area contributed by atoms with Crippen LogP contribution in [0.5, 0.6) is 0 Å². The molecule has 136 valence electrons. The summed E-state index contributed by atoms with van der Waals surface area (Å²) in [5.74, 6) is -0.685. The van der Waals surface area contributed by atoms with Gasteiger partial charge in [0.2, 0.25) is 11.8 Å². The van der Waals surface area contributed by atoms with E-state index in [1.165, 1.54) is 24.0 Å². The molecule has 0 atom stereocenters. The molecule has 0 N–H and O–H groups in total. The van der Waals surface area contributed by atoms with Crippen molar-refractivity contribution in [3.05, 3.63) is 59.7 Å². The van der Waals surface area contributed by atoms with Gasteiger partial charge >= 0.3 is 6.18 Å². The second kappa shape index (κ2) is 6.82. The molecule has 26 heavy (non-hydrogen) atoms. The third-order valence-corrected chi connectivity index (χ3v) is 4.37. The van der Waals surface area contributed by atoms with Crippen molar-refractivity contribution in [1.82, 2.24) is 0 Å². The van der Waals surface area contributed by atoms with Crippen LogP contribution in [0.2, 0.25) is 0 Å². The first-order valence-corrected chi connectivity index (χ1v) is 8.11. The maximum Gasteiger partial charge on any atom is 0.416 e. The van der Waals surface area contributed by atoms with Gasteiger partial charge in [-0.1, -0.05) is 18.2 Å². The van der Waals surface area contributed by atoms with E-state index in [9.17, 15) is 22.8 Å². The minimum atomic E-state index is -4.45. The number of fused-ring (bicyclic) bond motifs is 1. The highest BCUT2D eigenvalue weighted by atomic mass is 19.4. The molecule has 3 rings (SSSR count). The Hall–Kier alpha value is -2.83. The monoisotopic (exact) mass is 362 g/mol. The Kier molecular flexibility index (Phi) is 4.71. The number of benzene rings is 2. The van der Waals surface area contributed by atoms with E-state index >= 15 is 0 Å². The van der Waals surface area contributed by atoms with Crippen LogP contribution in [0.15, 0.2) is 48.5 Å². The highest BCUT2D eigenvalue weighted by Crippen LogP contribution is 2.31. The molecule has 0 aromatic heterocycles. The number of rotatable bonds is 3. The number of hydrogen-bond acceptors (Lipinski definition) is 2. The maximum atomic E-state index is 12.7. The largest absolute Gasteiger partial charge is 0.416 e. The molecule has 2 amide bonds.